The second-order valence-electron chi connectivity index (χ2n) is 5.20. The topological polar surface area (TPSA) is 102 Å². The first-order chi connectivity index (χ1) is 12.0. The Labute approximate surface area is 146 Å². The Morgan fingerprint density at radius 1 is 1.44 bits per heavy atom. The van der Waals surface area contributed by atoms with Gasteiger partial charge in [-0.1, -0.05) is 11.3 Å². The largest absolute Gasteiger partial charge is 0.497 e. The van der Waals surface area contributed by atoms with Gasteiger partial charge in [0.1, 0.15) is 11.9 Å². The van der Waals surface area contributed by atoms with Crippen LogP contribution in [0.15, 0.2) is 35.8 Å². The first kappa shape index (κ1) is 16.7. The number of nitro groups is 1. The molecule has 1 N–H and O–H groups in total. The van der Waals surface area contributed by atoms with Crippen molar-refractivity contribution in [3.8, 4) is 5.75 Å². The van der Waals surface area contributed by atoms with Crippen LogP contribution >= 0.6 is 11.3 Å². The molecule has 0 spiro atoms. The van der Waals surface area contributed by atoms with E-state index in [1.807, 2.05) is 0 Å². The molecule has 3 aromatic rings. The molecule has 2 aromatic heterocycles. The molecule has 25 heavy (non-hydrogen) atoms. The highest BCUT2D eigenvalue weighted by atomic mass is 32.1. The Bertz CT molecular complexity index is 918. The Kier molecular flexibility index (Phi) is 4.52. The van der Waals surface area contributed by atoms with E-state index in [1.165, 1.54) is 20.6 Å². The third-order valence-corrected chi connectivity index (χ3v) is 4.26. The number of hydrogen-bond donors (Lipinski definition) is 1. The van der Waals surface area contributed by atoms with E-state index in [0.29, 0.717) is 16.4 Å². The van der Waals surface area contributed by atoms with Crippen LogP contribution in [0.3, 0.4) is 0 Å². The molecular formula is C15H15N5O4S. The molecule has 0 saturated heterocycles. The molecule has 0 bridgehead atoms. The number of fused-ring (bicyclic) bond motifs is 1. The van der Waals surface area contributed by atoms with Crippen LogP contribution in [0.4, 0.5) is 17.3 Å². The Balaban J connectivity index is 1.74. The molecule has 0 atom stereocenters. The van der Waals surface area contributed by atoms with Gasteiger partial charge >= 0.3 is 5.82 Å². The monoisotopic (exact) mass is 361 g/mol. The average Bonchev–Trinajstić information content (AvgIpc) is 3.15. The number of nitrogens with one attached hydrogen (secondary N) is 1. The van der Waals surface area contributed by atoms with E-state index in [2.05, 4.69) is 10.3 Å². The smallest absolute Gasteiger partial charge is 0.373 e. The van der Waals surface area contributed by atoms with E-state index in [9.17, 15) is 14.9 Å². The summed E-state index contributed by atoms with van der Waals surface area (Å²) in [6.07, 6.45) is 1.58. The lowest BCUT2D eigenvalue weighted by atomic mass is 10.3. The van der Waals surface area contributed by atoms with Crippen LogP contribution < -0.4 is 15.0 Å². The van der Waals surface area contributed by atoms with E-state index < -0.39 is 4.92 Å². The maximum atomic E-state index is 12.2. The van der Waals surface area contributed by atoms with Gasteiger partial charge in [0.2, 0.25) is 11.7 Å². The van der Waals surface area contributed by atoms with Crippen LogP contribution in [0.2, 0.25) is 0 Å². The zero-order chi connectivity index (χ0) is 18.0. The van der Waals surface area contributed by atoms with Crippen LogP contribution in [-0.4, -0.2) is 40.9 Å². The third-order valence-electron chi connectivity index (χ3n) is 3.51. The normalized spacial score (nSPS) is 10.6. The maximum Gasteiger partial charge on any atom is 0.373 e. The number of amides is 1. The van der Waals surface area contributed by atoms with Gasteiger partial charge in [0.25, 0.3) is 4.96 Å². The number of nitrogens with zero attached hydrogens (tertiary/aromatic N) is 4. The summed E-state index contributed by atoms with van der Waals surface area (Å²) in [7, 11) is 3.15. The molecule has 0 aliphatic rings. The first-order valence-electron chi connectivity index (χ1n) is 7.24. The number of benzene rings is 1. The zero-order valence-electron chi connectivity index (χ0n) is 13.5. The average molecular weight is 361 g/mol. The van der Waals surface area contributed by atoms with E-state index in [-0.39, 0.29) is 24.1 Å². The maximum absolute atomic E-state index is 12.2. The van der Waals surface area contributed by atoms with Crippen LogP contribution in [0, 0.1) is 10.1 Å². The molecule has 0 fully saturated rings. The minimum absolute atomic E-state index is 0.0717. The molecule has 0 aliphatic heterocycles. The van der Waals surface area contributed by atoms with Crippen molar-refractivity contribution >= 4 is 39.5 Å². The lowest BCUT2D eigenvalue weighted by molar-refractivity contribution is -0.389. The molecule has 0 saturated carbocycles. The van der Waals surface area contributed by atoms with Gasteiger partial charge in [-0.3, -0.25) is 4.79 Å². The second-order valence-corrected chi connectivity index (χ2v) is 6.08. The fourth-order valence-corrected chi connectivity index (χ4v) is 3.06. The predicted octanol–water partition coefficient (Wildman–Crippen LogP) is 2.39. The molecule has 9 nitrogen and oxygen atoms in total. The van der Waals surface area contributed by atoms with Gasteiger partial charge in [-0.05, 0) is 29.2 Å². The van der Waals surface area contributed by atoms with Crippen LogP contribution in [0.1, 0.15) is 0 Å². The van der Waals surface area contributed by atoms with E-state index in [1.54, 1.807) is 50.0 Å². The van der Waals surface area contributed by atoms with E-state index in [0.717, 1.165) is 0 Å². The highest BCUT2D eigenvalue weighted by Crippen LogP contribution is 2.30. The molecule has 0 radical (unpaired) electrons. The van der Waals surface area contributed by atoms with Gasteiger partial charge in [0, 0.05) is 18.1 Å². The standard InChI is InChI=1S/C15H15N5O4S/c1-18(9-12(21)16-10-3-5-11(24-2)6-4-10)13-14(20(22)23)19-7-8-25-15(19)17-13/h3-8H,9H2,1-2H3,(H,16,21). The number of ether oxygens (including phenoxy) is 1. The van der Waals surface area contributed by atoms with Crippen molar-refractivity contribution in [2.24, 2.45) is 0 Å². The highest BCUT2D eigenvalue weighted by molar-refractivity contribution is 7.15. The molecule has 1 aromatic carbocycles. The number of hydrogen-bond acceptors (Lipinski definition) is 7. The Morgan fingerprint density at radius 2 is 2.16 bits per heavy atom. The highest BCUT2D eigenvalue weighted by Gasteiger charge is 2.27. The van der Waals surface area contributed by atoms with Crippen molar-refractivity contribution in [2.75, 3.05) is 30.9 Å². The van der Waals surface area contributed by atoms with Gasteiger partial charge in [0.05, 0.1) is 13.7 Å². The molecular weight excluding hydrogens is 346 g/mol. The van der Waals surface area contributed by atoms with E-state index >= 15 is 0 Å². The zero-order valence-corrected chi connectivity index (χ0v) is 14.3. The van der Waals surface area contributed by atoms with Gasteiger partial charge in [-0.15, -0.1) is 0 Å². The molecule has 10 heteroatoms. The molecule has 130 valence electrons. The number of imidazole rings is 1. The summed E-state index contributed by atoms with van der Waals surface area (Å²) in [5, 5.41) is 15.8. The molecule has 3 rings (SSSR count). The number of rotatable bonds is 6. The fourth-order valence-electron chi connectivity index (χ4n) is 2.35. The Hall–Kier alpha value is -3.14. The molecule has 1 amide bonds. The summed E-state index contributed by atoms with van der Waals surface area (Å²) in [5.41, 5.74) is 0.611. The minimum Gasteiger partial charge on any atom is -0.497 e. The Morgan fingerprint density at radius 3 is 2.80 bits per heavy atom. The first-order valence-corrected chi connectivity index (χ1v) is 8.12. The molecule has 2 heterocycles. The number of anilines is 2. The molecule has 0 unspecified atom stereocenters. The minimum atomic E-state index is -0.500. The third kappa shape index (κ3) is 3.38. The lowest BCUT2D eigenvalue weighted by Crippen LogP contribution is -2.30. The summed E-state index contributed by atoms with van der Waals surface area (Å²) in [6.45, 7) is -0.0717. The number of carbonyl (C=O) groups is 1. The van der Waals surface area contributed by atoms with Crippen molar-refractivity contribution < 1.29 is 14.5 Å². The van der Waals surface area contributed by atoms with Crippen molar-refractivity contribution in [2.45, 2.75) is 0 Å². The van der Waals surface area contributed by atoms with Crippen LogP contribution in [-0.2, 0) is 4.79 Å². The number of likely N-dealkylation sites (N-methyl/N-ethyl adjacent to an activating group) is 1. The van der Waals surface area contributed by atoms with Gasteiger partial charge < -0.3 is 25.1 Å². The number of methoxy groups -OCH3 is 1. The number of thiazole rings is 1. The van der Waals surface area contributed by atoms with Crippen molar-refractivity contribution in [1.82, 2.24) is 9.38 Å². The summed E-state index contributed by atoms with van der Waals surface area (Å²) in [4.78, 5) is 29.3. The summed E-state index contributed by atoms with van der Waals surface area (Å²) < 4.78 is 6.46. The van der Waals surface area contributed by atoms with Gasteiger partial charge in [-0.2, -0.15) is 9.38 Å². The SMILES string of the molecule is COc1ccc(NC(=O)CN(C)c2nc3sccn3c2[N+](=O)[O-])cc1. The van der Waals surface area contributed by atoms with Crippen molar-refractivity contribution in [3.05, 3.63) is 46.0 Å². The predicted molar refractivity (Wildman–Crippen MR) is 94.6 cm³/mol. The van der Waals surface area contributed by atoms with Crippen LogP contribution in [0.25, 0.3) is 4.96 Å². The van der Waals surface area contributed by atoms with Crippen LogP contribution in [0.5, 0.6) is 5.75 Å². The van der Waals surface area contributed by atoms with Gasteiger partial charge in [0.15, 0.2) is 0 Å². The fraction of sp³-hybridized carbons (Fsp3) is 0.200. The number of carbonyl (C=O) groups excluding carboxylic acids is 1. The van der Waals surface area contributed by atoms with Crippen molar-refractivity contribution in [3.63, 3.8) is 0 Å². The van der Waals surface area contributed by atoms with E-state index in [4.69, 9.17) is 4.74 Å². The lowest BCUT2D eigenvalue weighted by Gasteiger charge is -2.15. The second kappa shape index (κ2) is 6.77. The summed E-state index contributed by atoms with van der Waals surface area (Å²) in [6, 6.07) is 6.89. The quantitative estimate of drug-likeness (QED) is 0.534. The van der Waals surface area contributed by atoms with Gasteiger partial charge in [-0.25, -0.2) is 0 Å². The number of aromatic nitrogens is 2. The van der Waals surface area contributed by atoms with Crippen molar-refractivity contribution in [1.29, 1.82) is 0 Å². The summed E-state index contributed by atoms with van der Waals surface area (Å²) >= 11 is 1.29. The summed E-state index contributed by atoms with van der Waals surface area (Å²) in [5.74, 6) is 0.375. The molecule has 0 aliphatic carbocycles.